The highest BCUT2D eigenvalue weighted by Crippen LogP contribution is 2.26. The number of amides is 3. The predicted molar refractivity (Wildman–Crippen MR) is 138 cm³/mol. The zero-order chi connectivity index (χ0) is 25.5. The number of halogens is 1. The van der Waals surface area contributed by atoms with Gasteiger partial charge in [-0.15, -0.1) is 0 Å². The van der Waals surface area contributed by atoms with Gasteiger partial charge in [-0.25, -0.2) is 9.18 Å². The predicted octanol–water partition coefficient (Wildman–Crippen LogP) is 4.38. The molecule has 0 bridgehead atoms. The first-order valence-electron chi connectivity index (χ1n) is 11.6. The highest BCUT2D eigenvalue weighted by Gasteiger charge is 2.21. The normalized spacial score (nSPS) is 13.2. The van der Waals surface area contributed by atoms with E-state index in [1.54, 1.807) is 44.6 Å². The van der Waals surface area contributed by atoms with Crippen LogP contribution < -0.4 is 25.0 Å². The second kappa shape index (κ2) is 11.4. The maximum atomic E-state index is 13.1. The van der Waals surface area contributed by atoms with Gasteiger partial charge in [0.1, 0.15) is 17.3 Å². The molecule has 4 rings (SSSR count). The lowest BCUT2D eigenvalue weighted by atomic mass is 10.1. The van der Waals surface area contributed by atoms with Crippen molar-refractivity contribution in [1.29, 1.82) is 0 Å². The number of rotatable bonds is 7. The minimum absolute atomic E-state index is 0.0421. The minimum atomic E-state index is -0.383. The lowest BCUT2D eigenvalue weighted by molar-refractivity contribution is -0.130. The zero-order valence-electron chi connectivity index (χ0n) is 20.3. The van der Waals surface area contributed by atoms with E-state index in [1.165, 1.54) is 12.1 Å². The van der Waals surface area contributed by atoms with Gasteiger partial charge >= 0.3 is 6.03 Å². The first-order valence-corrected chi connectivity index (χ1v) is 11.6. The zero-order valence-corrected chi connectivity index (χ0v) is 20.3. The van der Waals surface area contributed by atoms with Crippen LogP contribution in [0.3, 0.4) is 0 Å². The van der Waals surface area contributed by atoms with Crippen molar-refractivity contribution in [3.63, 3.8) is 0 Å². The molecule has 0 spiro atoms. The number of hydrogen-bond acceptors (Lipinski definition) is 5. The molecule has 2 N–H and O–H groups in total. The Labute approximate surface area is 209 Å². The Balaban J connectivity index is 1.27. The average molecular weight is 493 g/mol. The lowest BCUT2D eigenvalue weighted by Gasteiger charge is -2.36. The molecule has 1 saturated heterocycles. The molecular weight excluding hydrogens is 463 g/mol. The summed E-state index contributed by atoms with van der Waals surface area (Å²) in [4.78, 5) is 29.1. The third-order valence-corrected chi connectivity index (χ3v) is 6.00. The Morgan fingerprint density at radius 2 is 1.39 bits per heavy atom. The summed E-state index contributed by atoms with van der Waals surface area (Å²) in [6.45, 7) is 2.65. The Bertz CT molecular complexity index is 1170. The third-order valence-electron chi connectivity index (χ3n) is 6.00. The number of ether oxygens (including phenoxy) is 2. The van der Waals surface area contributed by atoms with E-state index in [-0.39, 0.29) is 24.2 Å². The van der Waals surface area contributed by atoms with E-state index in [9.17, 15) is 14.0 Å². The first kappa shape index (κ1) is 24.8. The molecule has 9 heteroatoms. The summed E-state index contributed by atoms with van der Waals surface area (Å²) in [6, 6.07) is 18.4. The maximum Gasteiger partial charge on any atom is 0.323 e. The Kier molecular flexibility index (Phi) is 7.89. The topological polar surface area (TPSA) is 83.1 Å². The molecule has 0 radical (unpaired) electrons. The summed E-state index contributed by atoms with van der Waals surface area (Å²) in [6.07, 6.45) is 0.269. The molecule has 188 valence electrons. The van der Waals surface area contributed by atoms with Crippen molar-refractivity contribution in [1.82, 2.24) is 4.90 Å². The van der Waals surface area contributed by atoms with E-state index in [4.69, 9.17) is 9.47 Å². The van der Waals surface area contributed by atoms with Crippen LogP contribution in [0, 0.1) is 5.82 Å². The number of carbonyl (C=O) groups is 2. The molecule has 0 aliphatic carbocycles. The maximum absolute atomic E-state index is 13.1. The van der Waals surface area contributed by atoms with E-state index in [1.807, 2.05) is 29.2 Å². The van der Waals surface area contributed by atoms with Crippen LogP contribution in [0.1, 0.15) is 5.56 Å². The largest absolute Gasteiger partial charge is 0.497 e. The van der Waals surface area contributed by atoms with Crippen molar-refractivity contribution in [3.8, 4) is 11.5 Å². The van der Waals surface area contributed by atoms with Crippen molar-refractivity contribution in [2.45, 2.75) is 6.42 Å². The molecule has 3 amide bonds. The van der Waals surface area contributed by atoms with E-state index in [0.717, 1.165) is 11.3 Å². The molecule has 3 aromatic carbocycles. The van der Waals surface area contributed by atoms with Crippen molar-refractivity contribution in [2.75, 3.05) is 55.9 Å². The molecule has 1 aliphatic rings. The van der Waals surface area contributed by atoms with Crippen molar-refractivity contribution in [3.05, 3.63) is 78.1 Å². The summed E-state index contributed by atoms with van der Waals surface area (Å²) >= 11 is 0. The van der Waals surface area contributed by atoms with Crippen LogP contribution in [0.4, 0.5) is 26.2 Å². The van der Waals surface area contributed by atoms with Crippen LogP contribution in [-0.4, -0.2) is 57.2 Å². The second-order valence-electron chi connectivity index (χ2n) is 8.40. The molecule has 36 heavy (non-hydrogen) atoms. The molecule has 0 saturated carbocycles. The summed E-state index contributed by atoms with van der Waals surface area (Å²) in [5.74, 6) is 0.886. The standard InChI is InChI=1S/C27H29FN4O4/c1-35-24-16-22(17-25(18-24)36-2)30-27(34)29-21-7-9-23(10-8-21)31-11-13-32(14-12-31)26(33)15-19-3-5-20(28)6-4-19/h3-10,16-18H,11-15H2,1-2H3,(H2,29,30,34). The third kappa shape index (κ3) is 6.44. The van der Waals surface area contributed by atoms with Gasteiger partial charge in [0.15, 0.2) is 0 Å². The van der Waals surface area contributed by atoms with Crippen LogP contribution in [0.2, 0.25) is 0 Å². The Morgan fingerprint density at radius 3 is 1.97 bits per heavy atom. The number of piperazine rings is 1. The van der Waals surface area contributed by atoms with Crippen molar-refractivity contribution in [2.24, 2.45) is 0 Å². The molecule has 1 fully saturated rings. The van der Waals surface area contributed by atoms with Crippen molar-refractivity contribution >= 4 is 29.0 Å². The van der Waals surface area contributed by atoms with Crippen LogP contribution >= 0.6 is 0 Å². The van der Waals surface area contributed by atoms with Gasteiger partial charge in [0, 0.05) is 61.4 Å². The molecule has 0 aromatic heterocycles. The number of methoxy groups -OCH3 is 2. The molecular formula is C27H29FN4O4. The highest BCUT2D eigenvalue weighted by molar-refractivity contribution is 6.00. The summed E-state index contributed by atoms with van der Waals surface area (Å²) in [5, 5.41) is 5.59. The quantitative estimate of drug-likeness (QED) is 0.512. The minimum Gasteiger partial charge on any atom is -0.497 e. The summed E-state index contributed by atoms with van der Waals surface area (Å²) in [5.41, 5.74) is 3.03. The van der Waals surface area contributed by atoms with Gasteiger partial charge in [-0.2, -0.15) is 0 Å². The van der Waals surface area contributed by atoms with Crippen LogP contribution in [0.25, 0.3) is 0 Å². The van der Waals surface area contributed by atoms with Gasteiger partial charge < -0.3 is 29.9 Å². The Hall–Kier alpha value is -4.27. The molecule has 8 nitrogen and oxygen atoms in total. The van der Waals surface area contributed by atoms with Crippen molar-refractivity contribution < 1.29 is 23.5 Å². The van der Waals surface area contributed by atoms with Crippen LogP contribution in [0.15, 0.2) is 66.7 Å². The first-order chi connectivity index (χ1) is 17.4. The summed E-state index contributed by atoms with van der Waals surface area (Å²) in [7, 11) is 3.10. The van der Waals surface area contributed by atoms with Gasteiger partial charge in [0.2, 0.25) is 5.91 Å². The van der Waals surface area contributed by atoms with Gasteiger partial charge in [-0.1, -0.05) is 12.1 Å². The van der Waals surface area contributed by atoms with Gasteiger partial charge in [0.25, 0.3) is 0 Å². The van der Waals surface area contributed by atoms with E-state index >= 15 is 0 Å². The van der Waals surface area contributed by atoms with E-state index in [0.29, 0.717) is 49.1 Å². The lowest BCUT2D eigenvalue weighted by Crippen LogP contribution is -2.49. The fourth-order valence-corrected chi connectivity index (χ4v) is 4.03. The van der Waals surface area contributed by atoms with E-state index in [2.05, 4.69) is 15.5 Å². The fourth-order valence-electron chi connectivity index (χ4n) is 4.03. The summed E-state index contributed by atoms with van der Waals surface area (Å²) < 4.78 is 23.5. The van der Waals surface area contributed by atoms with Crippen LogP contribution in [-0.2, 0) is 11.2 Å². The molecule has 0 atom stereocenters. The monoisotopic (exact) mass is 492 g/mol. The second-order valence-corrected chi connectivity index (χ2v) is 8.40. The SMILES string of the molecule is COc1cc(NC(=O)Nc2ccc(N3CCN(C(=O)Cc4ccc(F)cc4)CC3)cc2)cc(OC)c1. The van der Waals surface area contributed by atoms with Gasteiger partial charge in [-0.05, 0) is 42.0 Å². The number of benzene rings is 3. The van der Waals surface area contributed by atoms with Gasteiger partial charge in [-0.3, -0.25) is 4.79 Å². The molecule has 0 unspecified atom stereocenters. The average Bonchev–Trinajstić information content (AvgIpc) is 2.90. The highest BCUT2D eigenvalue weighted by atomic mass is 19.1. The molecule has 1 heterocycles. The number of carbonyl (C=O) groups excluding carboxylic acids is 2. The molecule has 1 aliphatic heterocycles. The number of urea groups is 1. The number of anilines is 3. The smallest absolute Gasteiger partial charge is 0.323 e. The fraction of sp³-hybridized carbons (Fsp3) is 0.259. The van der Waals surface area contributed by atoms with E-state index < -0.39 is 0 Å². The Morgan fingerprint density at radius 1 is 0.806 bits per heavy atom. The van der Waals surface area contributed by atoms with Crippen LogP contribution in [0.5, 0.6) is 11.5 Å². The number of hydrogen-bond donors (Lipinski definition) is 2. The number of nitrogens with zero attached hydrogens (tertiary/aromatic N) is 2. The number of nitrogens with one attached hydrogen (secondary N) is 2. The molecule has 3 aromatic rings. The van der Waals surface area contributed by atoms with Gasteiger partial charge in [0.05, 0.1) is 20.6 Å².